The summed E-state index contributed by atoms with van der Waals surface area (Å²) in [6.07, 6.45) is 0. The number of nitrogens with zero attached hydrogens (tertiary/aromatic N) is 2. The fourth-order valence-electron chi connectivity index (χ4n) is 10.7. The average Bonchev–Trinajstić information content (AvgIpc) is 3.41. The molecule has 2 nitrogen and oxygen atoms in total. The third kappa shape index (κ3) is 6.65. The molecule has 2 heteroatoms. The molecule has 0 unspecified atom stereocenters. The van der Waals surface area contributed by atoms with Crippen molar-refractivity contribution in [2.75, 3.05) is 9.80 Å². The number of hydrogen-bond donors (Lipinski definition) is 0. The molecule has 13 rings (SSSR count). The molecule has 0 radical (unpaired) electrons. The molecule has 0 aromatic heterocycles. The average molecular weight is 865 g/mol. The Morgan fingerprint density at radius 3 is 1.37 bits per heavy atom. The zero-order valence-electron chi connectivity index (χ0n) is 37.3. The molecule has 0 N–H and O–H groups in total. The molecule has 318 valence electrons. The molecule has 0 amide bonds. The largest absolute Gasteiger partial charge is 0.310 e. The topological polar surface area (TPSA) is 6.48 Å². The maximum atomic E-state index is 2.45. The van der Waals surface area contributed by atoms with Gasteiger partial charge < -0.3 is 9.80 Å². The lowest BCUT2D eigenvalue weighted by atomic mass is 9.83. The smallest absolute Gasteiger partial charge is 0.0540 e. The van der Waals surface area contributed by atoms with Gasteiger partial charge in [-0.1, -0.05) is 188 Å². The van der Waals surface area contributed by atoms with Crippen LogP contribution in [0, 0.1) is 0 Å². The van der Waals surface area contributed by atoms with Crippen molar-refractivity contribution in [2.45, 2.75) is 0 Å². The van der Waals surface area contributed by atoms with Crippen LogP contribution in [0.5, 0.6) is 0 Å². The van der Waals surface area contributed by atoms with E-state index in [4.69, 9.17) is 0 Å². The van der Waals surface area contributed by atoms with Crippen molar-refractivity contribution >= 4 is 98.8 Å². The molecule has 0 aliphatic carbocycles. The molecule has 68 heavy (non-hydrogen) atoms. The van der Waals surface area contributed by atoms with Crippen LogP contribution in [0.1, 0.15) is 0 Å². The van der Waals surface area contributed by atoms with Crippen LogP contribution in [0.4, 0.5) is 34.1 Å². The van der Waals surface area contributed by atoms with Crippen molar-refractivity contribution in [1.82, 2.24) is 0 Å². The van der Waals surface area contributed by atoms with E-state index in [-0.39, 0.29) is 0 Å². The lowest BCUT2D eigenvalue weighted by Crippen LogP contribution is -2.10. The molecule has 13 aromatic carbocycles. The normalized spacial score (nSPS) is 11.5. The van der Waals surface area contributed by atoms with E-state index in [1.165, 1.54) is 86.9 Å². The van der Waals surface area contributed by atoms with Gasteiger partial charge in [0.2, 0.25) is 0 Å². The van der Waals surface area contributed by atoms with Crippen molar-refractivity contribution < 1.29 is 0 Å². The highest BCUT2D eigenvalue weighted by Gasteiger charge is 2.24. The number of rotatable bonds is 8. The summed E-state index contributed by atoms with van der Waals surface area (Å²) >= 11 is 0. The Labute approximate surface area is 395 Å². The first kappa shape index (κ1) is 39.4. The molecule has 0 aliphatic heterocycles. The Hall–Kier alpha value is -8.98. The van der Waals surface area contributed by atoms with Gasteiger partial charge in [-0.2, -0.15) is 0 Å². The van der Waals surface area contributed by atoms with Gasteiger partial charge in [-0.15, -0.1) is 0 Å². The number of fused-ring (bicyclic) bond motifs is 7. The van der Waals surface area contributed by atoms with Gasteiger partial charge in [-0.25, -0.2) is 0 Å². The summed E-state index contributed by atoms with van der Waals surface area (Å²) < 4.78 is 0. The van der Waals surface area contributed by atoms with Crippen LogP contribution in [0.2, 0.25) is 0 Å². The Kier molecular flexibility index (Phi) is 9.54. The molecule has 0 atom stereocenters. The lowest BCUT2D eigenvalue weighted by molar-refractivity contribution is 1.29. The molecule has 0 saturated carbocycles. The second-order valence-corrected chi connectivity index (χ2v) is 17.6. The second kappa shape index (κ2) is 16.5. The Bertz CT molecular complexity index is 3990. The third-order valence-corrected chi connectivity index (χ3v) is 13.7. The van der Waals surface area contributed by atoms with E-state index in [0.717, 1.165) is 34.1 Å². The highest BCUT2D eigenvalue weighted by atomic mass is 15.1. The minimum absolute atomic E-state index is 1.09. The van der Waals surface area contributed by atoms with E-state index in [1.54, 1.807) is 0 Å². The second-order valence-electron chi connectivity index (χ2n) is 17.6. The SMILES string of the molecule is c1ccc(N(c2ccccc2)c2ccc3c(-c4ccc5ccccc5c4)c4cc(N(c5ccccc5)c5cccc6ccccc56)ccc4c(-c4cc5ccccc5c5ccccc45)c3c2)cc1. The Morgan fingerprint density at radius 2 is 0.691 bits per heavy atom. The van der Waals surface area contributed by atoms with Crippen LogP contribution in [-0.4, -0.2) is 0 Å². The van der Waals surface area contributed by atoms with Gasteiger partial charge in [0.25, 0.3) is 0 Å². The van der Waals surface area contributed by atoms with Crippen LogP contribution >= 0.6 is 0 Å². The summed E-state index contributed by atoms with van der Waals surface area (Å²) in [6, 6.07) is 97.9. The molecule has 0 spiro atoms. The van der Waals surface area contributed by atoms with Crippen LogP contribution in [0.15, 0.2) is 267 Å². The summed E-state index contributed by atoms with van der Waals surface area (Å²) in [5.41, 5.74) is 11.4. The maximum absolute atomic E-state index is 2.45. The monoisotopic (exact) mass is 864 g/mol. The zero-order valence-corrected chi connectivity index (χ0v) is 37.3. The van der Waals surface area contributed by atoms with Crippen LogP contribution < -0.4 is 9.80 Å². The van der Waals surface area contributed by atoms with E-state index in [0.29, 0.717) is 0 Å². The van der Waals surface area contributed by atoms with Gasteiger partial charge in [-0.3, -0.25) is 0 Å². The van der Waals surface area contributed by atoms with E-state index < -0.39 is 0 Å². The molecule has 0 bridgehead atoms. The van der Waals surface area contributed by atoms with E-state index in [2.05, 4.69) is 277 Å². The van der Waals surface area contributed by atoms with Crippen molar-refractivity contribution in [1.29, 1.82) is 0 Å². The number of benzene rings is 13. The van der Waals surface area contributed by atoms with Crippen LogP contribution in [0.3, 0.4) is 0 Å². The first-order chi connectivity index (χ1) is 33.7. The van der Waals surface area contributed by atoms with Crippen molar-refractivity contribution in [2.24, 2.45) is 0 Å². The van der Waals surface area contributed by atoms with Gasteiger partial charge in [0.05, 0.1) is 5.69 Å². The molecule has 0 aliphatic rings. The molecule has 0 saturated heterocycles. The number of para-hydroxylation sites is 3. The summed E-state index contributed by atoms with van der Waals surface area (Å²) in [5, 5.41) is 14.6. The minimum Gasteiger partial charge on any atom is -0.310 e. The van der Waals surface area contributed by atoms with Crippen molar-refractivity contribution in [3.05, 3.63) is 267 Å². The predicted octanol–water partition coefficient (Wildman–Crippen LogP) is 18.9. The van der Waals surface area contributed by atoms with E-state index >= 15 is 0 Å². The molecular formula is C66H44N2. The molecule has 0 heterocycles. The quantitative estimate of drug-likeness (QED) is 0.111. The Balaban J connectivity index is 1.19. The van der Waals surface area contributed by atoms with E-state index in [1.807, 2.05) is 0 Å². The van der Waals surface area contributed by atoms with Crippen molar-refractivity contribution in [3.63, 3.8) is 0 Å². The van der Waals surface area contributed by atoms with Gasteiger partial charge >= 0.3 is 0 Å². The minimum atomic E-state index is 1.09. The summed E-state index contributed by atoms with van der Waals surface area (Å²) in [7, 11) is 0. The lowest BCUT2D eigenvalue weighted by Gasteiger charge is -2.29. The molecule has 13 aromatic rings. The van der Waals surface area contributed by atoms with Crippen LogP contribution in [0.25, 0.3) is 86.9 Å². The summed E-state index contributed by atoms with van der Waals surface area (Å²) in [5.74, 6) is 0. The zero-order chi connectivity index (χ0) is 45.0. The third-order valence-electron chi connectivity index (χ3n) is 13.7. The Morgan fingerprint density at radius 1 is 0.206 bits per heavy atom. The van der Waals surface area contributed by atoms with Gasteiger partial charge in [0.1, 0.15) is 0 Å². The standard InChI is InChI=1S/C66H44N2/c1-4-24-50(25-5-1)67(51-26-6-2-7-27-51)53-37-39-59-63(43-53)66(61-42-48-22-13-14-30-55(48)57-32-16-17-33-58(57)61)60-40-38-54(44-62(60)65(59)49-36-35-45-19-10-11-21-47(45)41-49)68(52-28-8-3-9-29-52)64-34-18-23-46-20-12-15-31-56(46)64/h1-44H. The number of anilines is 6. The summed E-state index contributed by atoms with van der Waals surface area (Å²) in [4.78, 5) is 4.81. The first-order valence-corrected chi connectivity index (χ1v) is 23.4. The number of hydrogen-bond acceptors (Lipinski definition) is 2. The summed E-state index contributed by atoms with van der Waals surface area (Å²) in [6.45, 7) is 0. The van der Waals surface area contributed by atoms with Gasteiger partial charge in [-0.05, 0) is 160 Å². The van der Waals surface area contributed by atoms with Gasteiger partial charge in [0.15, 0.2) is 0 Å². The molecular weight excluding hydrogens is 821 g/mol. The predicted molar refractivity (Wildman–Crippen MR) is 292 cm³/mol. The van der Waals surface area contributed by atoms with E-state index in [9.17, 15) is 0 Å². The fraction of sp³-hybridized carbons (Fsp3) is 0. The molecule has 0 fully saturated rings. The van der Waals surface area contributed by atoms with Gasteiger partial charge in [0, 0.05) is 33.8 Å². The maximum Gasteiger partial charge on any atom is 0.0540 e. The highest BCUT2D eigenvalue weighted by molar-refractivity contribution is 6.27. The fourth-order valence-corrected chi connectivity index (χ4v) is 10.7. The first-order valence-electron chi connectivity index (χ1n) is 23.4. The van der Waals surface area contributed by atoms with Crippen LogP contribution in [-0.2, 0) is 0 Å². The highest BCUT2D eigenvalue weighted by Crippen LogP contribution is 2.51. The van der Waals surface area contributed by atoms with Crippen molar-refractivity contribution in [3.8, 4) is 22.3 Å².